The average molecular weight is 413 g/mol. The van der Waals surface area contributed by atoms with Crippen LogP contribution in [0.15, 0.2) is 4.79 Å². The van der Waals surface area contributed by atoms with Crippen molar-refractivity contribution in [3.63, 3.8) is 0 Å². The average Bonchev–Trinajstić information content (AvgIpc) is 3.25. The third-order valence-corrected chi connectivity index (χ3v) is 7.63. The Bertz CT molecular complexity index is 904. The molecule has 0 bridgehead atoms. The van der Waals surface area contributed by atoms with E-state index in [1.807, 2.05) is 9.80 Å². The van der Waals surface area contributed by atoms with Crippen molar-refractivity contribution in [2.24, 2.45) is 17.8 Å². The van der Waals surface area contributed by atoms with Gasteiger partial charge in [-0.15, -0.1) is 0 Å². The fraction of sp³-hybridized carbons (Fsp3) is 0.739. The molecule has 162 valence electrons. The Labute approximate surface area is 177 Å². The van der Waals surface area contributed by atoms with Crippen molar-refractivity contribution in [3.05, 3.63) is 27.4 Å². The highest BCUT2D eigenvalue weighted by Crippen LogP contribution is 2.42. The molecule has 1 aromatic rings. The standard InChI is InChI=1S/C23H32N4O3/c1-14-12-16(14)23(30)27-10-5-4-8-19(27)20-24-18-9-11-26(13-17(18)21(28)25-20)22(29)15-6-2-3-7-15/h14-16,19H,2-13H2,1H3,(H,24,25,28)/t14-,16+,19-/m1/s1. The van der Waals surface area contributed by atoms with E-state index in [4.69, 9.17) is 4.98 Å². The first-order chi connectivity index (χ1) is 14.5. The van der Waals surface area contributed by atoms with Crippen LogP contribution in [0, 0.1) is 17.8 Å². The molecular formula is C23H32N4O3. The number of likely N-dealkylation sites (tertiary alicyclic amines) is 1. The lowest BCUT2D eigenvalue weighted by Gasteiger charge is -2.36. The SMILES string of the molecule is C[C@@H]1C[C@@H]1C(=O)N1CCCC[C@@H]1c1nc2c(c(=O)[nH]1)CN(C(=O)C1CCCC1)CC2. The number of H-pyrrole nitrogens is 1. The first kappa shape index (κ1) is 19.8. The lowest BCUT2D eigenvalue weighted by atomic mass is 9.99. The van der Waals surface area contributed by atoms with Crippen LogP contribution < -0.4 is 5.56 Å². The predicted octanol–water partition coefficient (Wildman–Crippen LogP) is 2.55. The third-order valence-electron chi connectivity index (χ3n) is 7.63. The number of amides is 2. The molecular weight excluding hydrogens is 380 g/mol. The summed E-state index contributed by atoms with van der Waals surface area (Å²) in [6.45, 7) is 3.86. The number of hydrogen-bond acceptors (Lipinski definition) is 4. The maximum Gasteiger partial charge on any atom is 0.256 e. The van der Waals surface area contributed by atoms with Crippen molar-refractivity contribution < 1.29 is 9.59 Å². The van der Waals surface area contributed by atoms with Crippen LogP contribution in [0.2, 0.25) is 0 Å². The van der Waals surface area contributed by atoms with Gasteiger partial charge in [-0.2, -0.15) is 0 Å². The van der Waals surface area contributed by atoms with Crippen molar-refractivity contribution in [2.75, 3.05) is 13.1 Å². The molecule has 0 spiro atoms. The van der Waals surface area contributed by atoms with Crippen molar-refractivity contribution in [3.8, 4) is 0 Å². The fourth-order valence-electron chi connectivity index (χ4n) is 5.58. The first-order valence-electron chi connectivity index (χ1n) is 11.7. The van der Waals surface area contributed by atoms with Crippen molar-refractivity contribution >= 4 is 11.8 Å². The lowest BCUT2D eigenvalue weighted by Crippen LogP contribution is -2.44. The Hall–Kier alpha value is -2.18. The van der Waals surface area contributed by atoms with Crippen LogP contribution in [0.4, 0.5) is 0 Å². The van der Waals surface area contributed by atoms with Gasteiger partial charge in [-0.3, -0.25) is 14.4 Å². The van der Waals surface area contributed by atoms with Gasteiger partial charge in [0.15, 0.2) is 0 Å². The van der Waals surface area contributed by atoms with Crippen molar-refractivity contribution in [2.45, 2.75) is 77.3 Å². The zero-order chi connectivity index (χ0) is 20.8. The Morgan fingerprint density at radius 2 is 1.77 bits per heavy atom. The van der Waals surface area contributed by atoms with Gasteiger partial charge in [0.1, 0.15) is 5.82 Å². The van der Waals surface area contributed by atoms with E-state index in [1.54, 1.807) is 0 Å². The number of piperidine rings is 1. The summed E-state index contributed by atoms with van der Waals surface area (Å²) in [7, 11) is 0. The van der Waals surface area contributed by atoms with Gasteiger partial charge in [0.2, 0.25) is 11.8 Å². The third kappa shape index (κ3) is 3.56. The van der Waals surface area contributed by atoms with E-state index in [1.165, 1.54) is 0 Å². The molecule has 0 aromatic carbocycles. The summed E-state index contributed by atoms with van der Waals surface area (Å²) < 4.78 is 0. The number of rotatable bonds is 3. The van der Waals surface area contributed by atoms with Crippen LogP contribution in [-0.4, -0.2) is 44.7 Å². The molecule has 30 heavy (non-hydrogen) atoms. The molecule has 0 unspecified atom stereocenters. The second-order valence-electron chi connectivity index (χ2n) is 9.73. The molecule has 2 amide bonds. The molecule has 7 nitrogen and oxygen atoms in total. The van der Waals surface area contributed by atoms with Gasteiger partial charge in [-0.1, -0.05) is 19.8 Å². The van der Waals surface area contributed by atoms with Gasteiger partial charge in [0.25, 0.3) is 5.56 Å². The molecule has 3 heterocycles. The molecule has 1 saturated heterocycles. The number of hydrogen-bond donors (Lipinski definition) is 1. The first-order valence-corrected chi connectivity index (χ1v) is 11.7. The van der Waals surface area contributed by atoms with Crippen LogP contribution in [0.1, 0.15) is 81.4 Å². The second kappa shape index (κ2) is 7.82. The Kier molecular flexibility index (Phi) is 5.15. The number of carbonyl (C=O) groups is 2. The van der Waals surface area contributed by atoms with Crippen LogP contribution in [0.3, 0.4) is 0 Å². The summed E-state index contributed by atoms with van der Waals surface area (Å²) in [6.07, 6.45) is 8.69. The van der Waals surface area contributed by atoms with Gasteiger partial charge in [0.05, 0.1) is 23.8 Å². The lowest BCUT2D eigenvalue weighted by molar-refractivity contribution is -0.137. The maximum absolute atomic E-state index is 13.0. The van der Waals surface area contributed by atoms with E-state index in [0.717, 1.165) is 63.6 Å². The van der Waals surface area contributed by atoms with E-state index in [9.17, 15) is 14.4 Å². The van der Waals surface area contributed by atoms with E-state index >= 15 is 0 Å². The maximum atomic E-state index is 13.0. The van der Waals surface area contributed by atoms with E-state index in [2.05, 4.69) is 11.9 Å². The Balaban J connectivity index is 1.37. The minimum atomic E-state index is -0.142. The van der Waals surface area contributed by atoms with Gasteiger partial charge in [-0.05, 0) is 44.4 Å². The number of carbonyl (C=O) groups excluding carboxylic acids is 2. The van der Waals surface area contributed by atoms with Gasteiger partial charge in [-0.25, -0.2) is 4.98 Å². The molecule has 1 aromatic heterocycles. The molecule has 1 N–H and O–H groups in total. The molecule has 0 radical (unpaired) electrons. The number of nitrogens with one attached hydrogen (secondary N) is 1. The Morgan fingerprint density at radius 3 is 2.50 bits per heavy atom. The summed E-state index contributed by atoms with van der Waals surface area (Å²) in [5.74, 6) is 1.80. The topological polar surface area (TPSA) is 86.4 Å². The molecule has 2 aliphatic heterocycles. The van der Waals surface area contributed by atoms with Crippen LogP contribution in [0.5, 0.6) is 0 Å². The normalized spacial score (nSPS) is 29.0. The highest BCUT2D eigenvalue weighted by molar-refractivity contribution is 5.82. The highest BCUT2D eigenvalue weighted by atomic mass is 16.2. The van der Waals surface area contributed by atoms with Crippen molar-refractivity contribution in [1.82, 2.24) is 19.8 Å². The molecule has 2 aliphatic carbocycles. The van der Waals surface area contributed by atoms with Crippen LogP contribution in [-0.2, 0) is 22.6 Å². The number of aromatic nitrogens is 2. The highest BCUT2D eigenvalue weighted by Gasteiger charge is 2.44. The predicted molar refractivity (Wildman–Crippen MR) is 112 cm³/mol. The van der Waals surface area contributed by atoms with Crippen LogP contribution in [0.25, 0.3) is 0 Å². The van der Waals surface area contributed by atoms with Gasteiger partial charge in [0, 0.05) is 31.3 Å². The summed E-state index contributed by atoms with van der Waals surface area (Å²) in [5, 5.41) is 0. The second-order valence-corrected chi connectivity index (χ2v) is 9.73. The summed E-state index contributed by atoms with van der Waals surface area (Å²) in [5.41, 5.74) is 1.29. The molecule has 2 saturated carbocycles. The summed E-state index contributed by atoms with van der Waals surface area (Å²) in [6, 6.07) is -0.129. The molecule has 7 heteroatoms. The summed E-state index contributed by atoms with van der Waals surface area (Å²) >= 11 is 0. The smallest absolute Gasteiger partial charge is 0.256 e. The van der Waals surface area contributed by atoms with E-state index < -0.39 is 0 Å². The Morgan fingerprint density at radius 1 is 1.03 bits per heavy atom. The van der Waals surface area contributed by atoms with E-state index in [-0.39, 0.29) is 35.3 Å². The van der Waals surface area contributed by atoms with Gasteiger partial charge < -0.3 is 14.8 Å². The van der Waals surface area contributed by atoms with E-state index in [0.29, 0.717) is 36.8 Å². The minimum Gasteiger partial charge on any atom is -0.337 e. The number of nitrogens with zero attached hydrogens (tertiary/aromatic N) is 3. The van der Waals surface area contributed by atoms with Gasteiger partial charge >= 0.3 is 0 Å². The molecule has 4 aliphatic rings. The monoisotopic (exact) mass is 412 g/mol. The molecule has 5 rings (SSSR count). The summed E-state index contributed by atoms with van der Waals surface area (Å²) in [4.78, 5) is 50.3. The fourth-order valence-corrected chi connectivity index (χ4v) is 5.58. The molecule has 3 fully saturated rings. The molecule has 3 atom stereocenters. The quantitative estimate of drug-likeness (QED) is 0.827. The number of aromatic amines is 1. The number of fused-ring (bicyclic) bond motifs is 1. The van der Waals surface area contributed by atoms with Crippen molar-refractivity contribution in [1.29, 1.82) is 0 Å². The minimum absolute atomic E-state index is 0.129. The van der Waals surface area contributed by atoms with Crippen LogP contribution >= 0.6 is 0 Å². The largest absolute Gasteiger partial charge is 0.337 e. The zero-order valence-corrected chi connectivity index (χ0v) is 17.9. The zero-order valence-electron chi connectivity index (χ0n) is 17.9.